The summed E-state index contributed by atoms with van der Waals surface area (Å²) in [6.07, 6.45) is 18.1. The summed E-state index contributed by atoms with van der Waals surface area (Å²) in [6, 6.07) is 14.3. The fraction of sp³-hybridized carbons (Fsp3) is 0. The fourth-order valence-electron chi connectivity index (χ4n) is 1.59. The molecule has 1 heteroatoms. The molecule has 1 nitrogen and oxygen atoms in total. The Balaban J connectivity index is 1.76. The van der Waals surface area contributed by atoms with Crippen molar-refractivity contribution in [1.82, 2.24) is 4.98 Å². The predicted molar refractivity (Wildman–Crippen MR) is 83.6 cm³/mol. The molecular formula is C18H17N. The number of nitrogens with one attached hydrogen (secondary N) is 1. The molecule has 0 fully saturated rings. The Hall–Kier alpha value is -2.54. The summed E-state index contributed by atoms with van der Waals surface area (Å²) in [6.45, 7) is 0. The smallest absolute Gasteiger partial charge is 0.0380 e. The lowest BCUT2D eigenvalue weighted by atomic mass is 10.2. The van der Waals surface area contributed by atoms with E-state index in [1.165, 1.54) is 5.56 Å². The van der Waals surface area contributed by atoms with Crippen LogP contribution in [0.25, 0.3) is 12.2 Å². The number of aromatic nitrogens is 1. The third kappa shape index (κ3) is 5.09. The number of rotatable bonds is 5. The number of H-pyrrole nitrogens is 1. The molecule has 0 saturated heterocycles. The zero-order valence-electron chi connectivity index (χ0n) is 10.7. The van der Waals surface area contributed by atoms with Gasteiger partial charge in [0.1, 0.15) is 0 Å². The number of hydrogen-bond donors (Lipinski definition) is 1. The number of allylic oxidation sites excluding steroid dienone is 6. The minimum Gasteiger partial charge on any atom is -0.362 e. The largest absolute Gasteiger partial charge is 0.362 e. The fourth-order valence-corrected chi connectivity index (χ4v) is 1.59. The lowest BCUT2D eigenvalue weighted by Crippen LogP contribution is -1.66. The Morgan fingerprint density at radius 2 is 1.32 bits per heavy atom. The van der Waals surface area contributed by atoms with Crippen LogP contribution in [0.3, 0.4) is 0 Å². The lowest BCUT2D eigenvalue weighted by molar-refractivity contribution is 1.38. The summed E-state index contributed by atoms with van der Waals surface area (Å²) >= 11 is 0. The average molecular weight is 247 g/mol. The van der Waals surface area contributed by atoms with Crippen LogP contribution in [0.5, 0.6) is 0 Å². The average Bonchev–Trinajstić information content (AvgIpc) is 2.96. The maximum absolute atomic E-state index is 3.12. The molecule has 0 aliphatic heterocycles. The van der Waals surface area contributed by atoms with Gasteiger partial charge in [-0.05, 0) is 23.8 Å². The molecule has 1 aromatic heterocycles. The first kappa shape index (κ1) is 12.9. The van der Waals surface area contributed by atoms with E-state index in [0.717, 1.165) is 5.69 Å². The van der Waals surface area contributed by atoms with E-state index in [2.05, 4.69) is 23.2 Å². The van der Waals surface area contributed by atoms with Gasteiger partial charge in [0, 0.05) is 11.9 Å². The first-order valence-corrected chi connectivity index (χ1v) is 6.32. The summed E-state index contributed by atoms with van der Waals surface area (Å²) in [4.78, 5) is 3.12. The third-order valence-corrected chi connectivity index (χ3v) is 2.54. The van der Waals surface area contributed by atoms with Crippen LogP contribution in [0.1, 0.15) is 11.3 Å². The van der Waals surface area contributed by atoms with Gasteiger partial charge < -0.3 is 4.98 Å². The zero-order chi connectivity index (χ0) is 13.2. The molecule has 0 unspecified atom stereocenters. The van der Waals surface area contributed by atoms with Crippen molar-refractivity contribution in [2.45, 2.75) is 0 Å². The van der Waals surface area contributed by atoms with Gasteiger partial charge in [-0.25, -0.2) is 0 Å². The van der Waals surface area contributed by atoms with Gasteiger partial charge in [-0.1, -0.05) is 72.9 Å². The van der Waals surface area contributed by atoms with Crippen molar-refractivity contribution in [3.63, 3.8) is 0 Å². The Morgan fingerprint density at radius 1 is 0.632 bits per heavy atom. The summed E-state index contributed by atoms with van der Waals surface area (Å²) in [7, 11) is 0. The van der Waals surface area contributed by atoms with Gasteiger partial charge in [0.05, 0.1) is 0 Å². The van der Waals surface area contributed by atoms with Crippen molar-refractivity contribution in [3.05, 3.63) is 96.4 Å². The van der Waals surface area contributed by atoms with Crippen molar-refractivity contribution in [2.24, 2.45) is 0 Å². The molecule has 0 saturated carbocycles. The molecular weight excluding hydrogens is 230 g/mol. The van der Waals surface area contributed by atoms with E-state index < -0.39 is 0 Å². The standard InChI is InChI=1S/C18H17N/c1(2-4-9-14-18-15-10-16-19-18)3-6-11-17-12-7-5-8-13-17/h1-16,19H/b3-1+,4-2+,11-6+,14-9+. The molecule has 0 radical (unpaired) electrons. The first-order valence-electron chi connectivity index (χ1n) is 6.32. The second-order valence-electron chi connectivity index (χ2n) is 4.02. The second-order valence-corrected chi connectivity index (χ2v) is 4.02. The maximum atomic E-state index is 3.12. The van der Waals surface area contributed by atoms with Crippen LogP contribution < -0.4 is 0 Å². The van der Waals surface area contributed by atoms with Gasteiger partial charge in [0.2, 0.25) is 0 Å². The van der Waals surface area contributed by atoms with Crippen molar-refractivity contribution < 1.29 is 0 Å². The summed E-state index contributed by atoms with van der Waals surface area (Å²) < 4.78 is 0. The molecule has 2 rings (SSSR count). The Kier molecular flexibility index (Phi) is 5.24. The number of hydrogen-bond acceptors (Lipinski definition) is 0. The third-order valence-electron chi connectivity index (χ3n) is 2.54. The Morgan fingerprint density at radius 3 is 2.00 bits per heavy atom. The molecule has 94 valence electrons. The van der Waals surface area contributed by atoms with Crippen molar-refractivity contribution in [1.29, 1.82) is 0 Å². The summed E-state index contributed by atoms with van der Waals surface area (Å²) in [5.74, 6) is 0. The number of aromatic amines is 1. The van der Waals surface area contributed by atoms with Crippen LogP contribution in [0, 0.1) is 0 Å². The van der Waals surface area contributed by atoms with Crippen molar-refractivity contribution in [3.8, 4) is 0 Å². The molecule has 2 aromatic rings. The van der Waals surface area contributed by atoms with Crippen LogP contribution in [0.4, 0.5) is 0 Å². The predicted octanol–water partition coefficient (Wildman–Crippen LogP) is 4.85. The van der Waals surface area contributed by atoms with Crippen LogP contribution in [0.2, 0.25) is 0 Å². The molecule has 0 aliphatic carbocycles. The highest BCUT2D eigenvalue weighted by atomic mass is 14.7. The van der Waals surface area contributed by atoms with Crippen molar-refractivity contribution >= 4 is 12.2 Å². The molecule has 1 N–H and O–H groups in total. The maximum Gasteiger partial charge on any atom is 0.0380 e. The van der Waals surface area contributed by atoms with Crippen LogP contribution >= 0.6 is 0 Å². The normalized spacial score (nSPS) is 12.4. The van der Waals surface area contributed by atoms with Gasteiger partial charge in [-0.15, -0.1) is 0 Å². The highest BCUT2D eigenvalue weighted by molar-refractivity contribution is 5.51. The second kappa shape index (κ2) is 7.72. The van der Waals surface area contributed by atoms with Crippen LogP contribution in [-0.2, 0) is 0 Å². The minimum atomic E-state index is 1.11. The van der Waals surface area contributed by atoms with Gasteiger partial charge in [-0.3, -0.25) is 0 Å². The minimum absolute atomic E-state index is 1.11. The van der Waals surface area contributed by atoms with E-state index in [9.17, 15) is 0 Å². The van der Waals surface area contributed by atoms with Gasteiger partial charge in [0.25, 0.3) is 0 Å². The molecule has 0 spiro atoms. The van der Waals surface area contributed by atoms with Gasteiger partial charge in [-0.2, -0.15) is 0 Å². The van der Waals surface area contributed by atoms with E-state index in [4.69, 9.17) is 0 Å². The van der Waals surface area contributed by atoms with Crippen LogP contribution in [0.15, 0.2) is 85.1 Å². The Labute approximate surface area is 114 Å². The summed E-state index contributed by atoms with van der Waals surface area (Å²) in [5.41, 5.74) is 2.32. The van der Waals surface area contributed by atoms with Gasteiger partial charge in [0.15, 0.2) is 0 Å². The van der Waals surface area contributed by atoms with E-state index in [0.29, 0.717) is 0 Å². The molecule has 19 heavy (non-hydrogen) atoms. The van der Waals surface area contributed by atoms with E-state index >= 15 is 0 Å². The molecule has 1 heterocycles. The molecule has 0 aliphatic rings. The highest BCUT2D eigenvalue weighted by Gasteiger charge is 1.80. The Bertz CT molecular complexity index is 569. The molecule has 0 amide bonds. The van der Waals surface area contributed by atoms with E-state index in [1.54, 1.807) is 0 Å². The van der Waals surface area contributed by atoms with Crippen LogP contribution in [-0.4, -0.2) is 4.98 Å². The van der Waals surface area contributed by atoms with Gasteiger partial charge >= 0.3 is 0 Å². The molecule has 0 bridgehead atoms. The van der Waals surface area contributed by atoms with E-state index in [1.807, 2.05) is 79.1 Å². The zero-order valence-corrected chi connectivity index (χ0v) is 10.7. The molecule has 0 atom stereocenters. The molecule has 1 aromatic carbocycles. The SMILES string of the molecule is C(/C=C/C=C/c1ccc[nH]1)=C\C=C\c1ccccc1. The van der Waals surface area contributed by atoms with E-state index in [-0.39, 0.29) is 0 Å². The topological polar surface area (TPSA) is 15.8 Å². The van der Waals surface area contributed by atoms with Crippen molar-refractivity contribution in [2.75, 3.05) is 0 Å². The summed E-state index contributed by atoms with van der Waals surface area (Å²) in [5, 5.41) is 0. The lowest BCUT2D eigenvalue weighted by Gasteiger charge is -1.87. The monoisotopic (exact) mass is 247 g/mol. The number of benzene rings is 1. The quantitative estimate of drug-likeness (QED) is 0.727. The first-order chi connectivity index (χ1) is 9.45. The highest BCUT2D eigenvalue weighted by Crippen LogP contribution is 2.01.